The minimum absolute atomic E-state index is 0.0448. The molecule has 0 saturated heterocycles. The van der Waals surface area contributed by atoms with Gasteiger partial charge in [0.05, 0.1) is 5.56 Å². The minimum atomic E-state index is -0.410. The van der Waals surface area contributed by atoms with Gasteiger partial charge in [0.25, 0.3) is 0 Å². The van der Waals surface area contributed by atoms with E-state index >= 15 is 0 Å². The lowest BCUT2D eigenvalue weighted by atomic mass is 9.72. The van der Waals surface area contributed by atoms with E-state index in [0.29, 0.717) is 16.9 Å². The topological polar surface area (TPSA) is 58.9 Å². The van der Waals surface area contributed by atoms with Crippen molar-refractivity contribution in [2.45, 2.75) is 70.8 Å². The van der Waals surface area contributed by atoms with E-state index in [-0.39, 0.29) is 17.2 Å². The van der Waals surface area contributed by atoms with Crippen LogP contribution in [0.1, 0.15) is 80.3 Å². The van der Waals surface area contributed by atoms with Crippen molar-refractivity contribution in [2.75, 3.05) is 0 Å². The highest BCUT2D eigenvalue weighted by molar-refractivity contribution is 6.05. The van der Waals surface area contributed by atoms with Crippen LogP contribution in [0, 0.1) is 0 Å². The zero-order chi connectivity index (χ0) is 24.6. The summed E-state index contributed by atoms with van der Waals surface area (Å²) in [5.74, 6) is 0.210. The monoisotopic (exact) mass is 467 g/mol. The van der Waals surface area contributed by atoms with Crippen LogP contribution in [-0.2, 0) is 6.42 Å². The Morgan fingerprint density at radius 3 is 2.60 bits per heavy atom. The first-order valence-electron chi connectivity index (χ1n) is 12.7. The molecule has 1 aliphatic heterocycles. The Kier molecular flexibility index (Phi) is 6.22. The molecule has 1 spiro atoms. The fourth-order valence-electron chi connectivity index (χ4n) is 5.48. The number of hydrogen-bond acceptors (Lipinski definition) is 4. The Morgan fingerprint density at radius 2 is 1.86 bits per heavy atom. The minimum Gasteiger partial charge on any atom is -0.508 e. The number of aryl methyl sites for hydroxylation is 1. The van der Waals surface area contributed by atoms with Crippen LogP contribution in [0.3, 0.4) is 0 Å². The zero-order valence-corrected chi connectivity index (χ0v) is 20.8. The molecule has 35 heavy (non-hydrogen) atoms. The van der Waals surface area contributed by atoms with Gasteiger partial charge in [0.1, 0.15) is 17.0 Å². The van der Waals surface area contributed by atoms with Gasteiger partial charge in [0.15, 0.2) is 0 Å². The predicted octanol–water partition coefficient (Wildman–Crippen LogP) is 7.53. The number of ether oxygens (including phenoxy) is 1. The average molecular weight is 468 g/mol. The van der Waals surface area contributed by atoms with Crippen LogP contribution in [0.2, 0.25) is 0 Å². The van der Waals surface area contributed by atoms with Gasteiger partial charge in [-0.3, -0.25) is 4.99 Å². The number of esters is 1. The number of aliphatic imine (C=N–C) groups is 1. The molecule has 1 heterocycles. The van der Waals surface area contributed by atoms with Crippen LogP contribution in [0.4, 0.5) is 0 Å². The third-order valence-corrected chi connectivity index (χ3v) is 7.59. The Labute approximate surface area is 207 Å². The Morgan fingerprint density at radius 1 is 1.09 bits per heavy atom. The molecule has 0 bridgehead atoms. The van der Waals surface area contributed by atoms with Crippen molar-refractivity contribution in [3.63, 3.8) is 0 Å². The van der Waals surface area contributed by atoms with Gasteiger partial charge >= 0.3 is 5.97 Å². The molecule has 0 unspecified atom stereocenters. The number of rotatable bonds is 7. The first kappa shape index (κ1) is 23.3. The van der Waals surface area contributed by atoms with Crippen LogP contribution >= 0.6 is 0 Å². The highest BCUT2D eigenvalue weighted by atomic mass is 16.5. The van der Waals surface area contributed by atoms with Crippen LogP contribution < -0.4 is 4.74 Å². The number of unbranched alkanes of at least 4 members (excludes halogenated alkanes) is 2. The summed E-state index contributed by atoms with van der Waals surface area (Å²) >= 11 is 0. The molecule has 180 valence electrons. The van der Waals surface area contributed by atoms with Crippen molar-refractivity contribution in [3.05, 3.63) is 82.9 Å². The van der Waals surface area contributed by atoms with Crippen LogP contribution in [-0.4, -0.2) is 22.3 Å². The zero-order valence-electron chi connectivity index (χ0n) is 20.8. The van der Waals surface area contributed by atoms with Gasteiger partial charge < -0.3 is 9.84 Å². The molecular weight excluding hydrogens is 434 g/mol. The largest absolute Gasteiger partial charge is 0.508 e. The van der Waals surface area contributed by atoms with Crippen molar-refractivity contribution < 1.29 is 14.6 Å². The molecule has 4 heteroatoms. The van der Waals surface area contributed by atoms with Crippen LogP contribution in [0.5, 0.6) is 11.5 Å². The number of hydrogen-bond donors (Lipinski definition) is 1. The maximum absolute atomic E-state index is 13.3. The van der Waals surface area contributed by atoms with E-state index in [1.807, 2.05) is 48.5 Å². The summed E-state index contributed by atoms with van der Waals surface area (Å²) in [5, 5.41) is 13.3. The van der Waals surface area contributed by atoms with E-state index in [9.17, 15) is 9.90 Å². The lowest BCUT2D eigenvalue weighted by Gasteiger charge is -2.32. The second-order valence-corrected chi connectivity index (χ2v) is 10.1. The van der Waals surface area contributed by atoms with E-state index in [0.717, 1.165) is 60.6 Å². The lowest BCUT2D eigenvalue weighted by Crippen LogP contribution is -2.30. The Hall–Kier alpha value is -3.40. The summed E-state index contributed by atoms with van der Waals surface area (Å²) in [5.41, 5.74) is 4.26. The summed E-state index contributed by atoms with van der Waals surface area (Å²) < 4.78 is 6.08. The number of allylic oxidation sites excluding steroid dienone is 1. The average Bonchev–Trinajstić information content (AvgIpc) is 3.50. The molecule has 2 aliphatic rings. The molecule has 1 N–H and O–H groups in total. The van der Waals surface area contributed by atoms with E-state index in [2.05, 4.69) is 26.8 Å². The summed E-state index contributed by atoms with van der Waals surface area (Å²) in [6.45, 7) is 6.35. The molecule has 3 aromatic carbocycles. The molecule has 3 aromatic rings. The smallest absolute Gasteiger partial charge is 0.343 e. The fraction of sp³-hybridized carbons (Fsp3) is 0.355. The van der Waals surface area contributed by atoms with E-state index < -0.39 is 5.97 Å². The molecule has 0 saturated carbocycles. The molecular formula is C31H33NO3. The van der Waals surface area contributed by atoms with Gasteiger partial charge in [-0.1, -0.05) is 61.7 Å². The third kappa shape index (κ3) is 4.50. The summed E-state index contributed by atoms with van der Waals surface area (Å²) in [6, 6.07) is 17.4. The standard InChI is InChI=1S/C31H33NO3/c1-4-5-6-9-22-17-27(33)29(26-16-20(2)14-15-31(26)21(3)32-31)28(18-22)35-30(34)25-13-12-23-10-7-8-11-24(23)19-25/h7-8,10-14,17-19,26,33H,4-6,9,15-16H2,1-3H3/t26-,31+/m0/s1. The number of aromatic hydroxyl groups is 1. The van der Waals surface area contributed by atoms with Gasteiger partial charge in [-0.25, -0.2) is 4.79 Å². The first-order valence-corrected chi connectivity index (χ1v) is 12.7. The molecule has 4 nitrogen and oxygen atoms in total. The maximum atomic E-state index is 13.3. The van der Waals surface area contributed by atoms with Crippen molar-refractivity contribution in [3.8, 4) is 11.5 Å². The number of nitrogens with zero attached hydrogens (tertiary/aromatic N) is 1. The molecule has 0 radical (unpaired) electrons. The summed E-state index contributed by atoms with van der Waals surface area (Å²) in [4.78, 5) is 18.1. The first-order chi connectivity index (χ1) is 16.9. The number of carbonyl (C=O) groups excluding carboxylic acids is 1. The molecule has 2 atom stereocenters. The van der Waals surface area contributed by atoms with Gasteiger partial charge in [-0.05, 0) is 80.1 Å². The molecule has 0 aromatic heterocycles. The Bertz CT molecular complexity index is 1350. The van der Waals surface area contributed by atoms with Crippen LogP contribution in [0.25, 0.3) is 10.8 Å². The van der Waals surface area contributed by atoms with E-state index in [1.54, 1.807) is 6.07 Å². The maximum Gasteiger partial charge on any atom is 0.343 e. The fourth-order valence-corrected chi connectivity index (χ4v) is 5.48. The molecule has 5 rings (SSSR count). The SMILES string of the molecule is CCCCCc1cc(O)c([C@@H]2CC(C)=CC[C@]23N=C3C)c(OC(=O)c2ccc3ccccc3c2)c1. The third-order valence-electron chi connectivity index (χ3n) is 7.59. The van der Waals surface area contributed by atoms with Crippen molar-refractivity contribution in [2.24, 2.45) is 4.99 Å². The second kappa shape index (κ2) is 9.33. The van der Waals surface area contributed by atoms with E-state index in [4.69, 9.17) is 9.73 Å². The van der Waals surface area contributed by atoms with Gasteiger partial charge in [-0.15, -0.1) is 0 Å². The number of phenolic OH excluding ortho intramolecular Hbond substituents is 1. The summed E-state index contributed by atoms with van der Waals surface area (Å²) in [7, 11) is 0. The van der Waals surface area contributed by atoms with Gasteiger partial charge in [0, 0.05) is 17.2 Å². The molecule has 0 amide bonds. The number of phenols is 1. The lowest BCUT2D eigenvalue weighted by molar-refractivity contribution is 0.0732. The molecule has 1 aliphatic carbocycles. The highest BCUT2D eigenvalue weighted by Gasteiger charge is 2.53. The summed E-state index contributed by atoms with van der Waals surface area (Å²) in [6.07, 6.45) is 7.97. The van der Waals surface area contributed by atoms with Crippen molar-refractivity contribution in [1.82, 2.24) is 0 Å². The normalized spacial score (nSPS) is 21.1. The predicted molar refractivity (Wildman–Crippen MR) is 142 cm³/mol. The number of benzene rings is 3. The van der Waals surface area contributed by atoms with Crippen molar-refractivity contribution in [1.29, 1.82) is 0 Å². The molecule has 0 fully saturated rings. The number of carbonyl (C=O) groups is 1. The van der Waals surface area contributed by atoms with Gasteiger partial charge in [-0.2, -0.15) is 0 Å². The quantitative estimate of drug-likeness (QED) is 0.169. The Balaban J connectivity index is 1.53. The van der Waals surface area contributed by atoms with Crippen LogP contribution in [0.15, 0.2) is 71.2 Å². The second-order valence-electron chi connectivity index (χ2n) is 10.1. The highest BCUT2D eigenvalue weighted by Crippen LogP contribution is 2.55. The van der Waals surface area contributed by atoms with Gasteiger partial charge in [0.2, 0.25) is 0 Å². The number of fused-ring (bicyclic) bond motifs is 1. The van der Waals surface area contributed by atoms with E-state index in [1.165, 1.54) is 5.57 Å². The van der Waals surface area contributed by atoms with Crippen molar-refractivity contribution >= 4 is 22.5 Å².